The van der Waals surface area contributed by atoms with E-state index < -0.39 is 5.60 Å². The molecule has 0 spiro atoms. The molecule has 0 unspecified atom stereocenters. The number of para-hydroxylation sites is 1. The third-order valence-electron chi connectivity index (χ3n) is 4.45. The van der Waals surface area contributed by atoms with E-state index in [0.717, 1.165) is 0 Å². The van der Waals surface area contributed by atoms with Gasteiger partial charge in [0.05, 0.1) is 12.7 Å². The third-order valence-corrected chi connectivity index (χ3v) is 4.45. The minimum Gasteiger partial charge on any atom is -0.484 e. The fourth-order valence-corrected chi connectivity index (χ4v) is 2.95. The van der Waals surface area contributed by atoms with Crippen molar-refractivity contribution in [3.05, 3.63) is 42.2 Å². The lowest BCUT2D eigenvalue weighted by Crippen LogP contribution is -2.50. The molecule has 1 saturated heterocycles. The van der Waals surface area contributed by atoms with Crippen LogP contribution in [0.25, 0.3) is 0 Å². The van der Waals surface area contributed by atoms with Crippen molar-refractivity contribution >= 4 is 5.91 Å². The lowest BCUT2D eigenvalue weighted by Gasteiger charge is -2.37. The van der Waals surface area contributed by atoms with Gasteiger partial charge in [-0.2, -0.15) is 0 Å². The largest absolute Gasteiger partial charge is 0.484 e. The van der Waals surface area contributed by atoms with Crippen LogP contribution in [-0.4, -0.2) is 50.6 Å². The molecule has 0 aliphatic carbocycles. The summed E-state index contributed by atoms with van der Waals surface area (Å²) in [4.78, 5) is 14.1. The van der Waals surface area contributed by atoms with Crippen molar-refractivity contribution in [2.24, 2.45) is 0 Å². The topological polar surface area (TPSA) is 80.5 Å². The molecule has 2 heterocycles. The Bertz CT molecular complexity index is 716. The van der Waals surface area contributed by atoms with Gasteiger partial charge in [-0.25, -0.2) is 4.68 Å². The highest BCUT2D eigenvalue weighted by Crippen LogP contribution is 2.30. The molecule has 2 aromatic rings. The minimum absolute atomic E-state index is 0.0429. The molecule has 1 fully saturated rings. The van der Waals surface area contributed by atoms with E-state index in [1.54, 1.807) is 15.8 Å². The van der Waals surface area contributed by atoms with Crippen LogP contribution in [0.5, 0.6) is 5.75 Å². The SMILES string of the molecule is CC(C)n1cc([C@@]2(O)CCCN(C(=O)COc3ccccc3)C2)nn1. The lowest BCUT2D eigenvalue weighted by molar-refractivity contribution is -0.141. The predicted octanol–water partition coefficient (Wildman–Crippen LogP) is 1.75. The van der Waals surface area contributed by atoms with E-state index in [0.29, 0.717) is 30.8 Å². The molecule has 7 nitrogen and oxygen atoms in total. The van der Waals surface area contributed by atoms with E-state index in [9.17, 15) is 9.90 Å². The van der Waals surface area contributed by atoms with Gasteiger partial charge in [-0.3, -0.25) is 4.79 Å². The van der Waals surface area contributed by atoms with E-state index in [1.807, 2.05) is 44.2 Å². The van der Waals surface area contributed by atoms with Crippen molar-refractivity contribution < 1.29 is 14.6 Å². The zero-order chi connectivity index (χ0) is 17.9. The van der Waals surface area contributed by atoms with Gasteiger partial charge in [0.2, 0.25) is 0 Å². The van der Waals surface area contributed by atoms with Crippen LogP contribution in [0, 0.1) is 0 Å². The average molecular weight is 344 g/mol. The lowest BCUT2D eigenvalue weighted by atomic mass is 9.90. The number of hydrogen-bond donors (Lipinski definition) is 1. The molecular weight excluding hydrogens is 320 g/mol. The second kappa shape index (κ2) is 7.23. The normalized spacial score (nSPS) is 20.7. The van der Waals surface area contributed by atoms with Crippen LogP contribution in [0.4, 0.5) is 0 Å². The summed E-state index contributed by atoms with van der Waals surface area (Å²) in [5, 5.41) is 19.2. The second-order valence-corrected chi connectivity index (χ2v) is 6.73. The maximum atomic E-state index is 12.5. The van der Waals surface area contributed by atoms with Crippen molar-refractivity contribution in [3.8, 4) is 5.75 Å². The number of β-amino-alcohol motifs (C(OH)–C–C–N with tert-alkyl or cyclic N) is 1. The summed E-state index contributed by atoms with van der Waals surface area (Å²) < 4.78 is 7.24. The summed E-state index contributed by atoms with van der Waals surface area (Å²) in [5.41, 5.74) is -0.643. The van der Waals surface area contributed by atoms with Crippen LogP contribution in [0.2, 0.25) is 0 Å². The molecule has 0 bridgehead atoms. The summed E-state index contributed by atoms with van der Waals surface area (Å²) in [5.74, 6) is 0.515. The third kappa shape index (κ3) is 3.99. The quantitative estimate of drug-likeness (QED) is 0.894. The Morgan fingerprint density at radius 2 is 2.12 bits per heavy atom. The zero-order valence-electron chi connectivity index (χ0n) is 14.6. The van der Waals surface area contributed by atoms with E-state index in [4.69, 9.17) is 4.74 Å². The Hall–Kier alpha value is -2.41. The average Bonchev–Trinajstić information content (AvgIpc) is 3.12. The number of likely N-dealkylation sites (tertiary alicyclic amines) is 1. The van der Waals surface area contributed by atoms with Gasteiger partial charge in [0, 0.05) is 12.6 Å². The molecule has 25 heavy (non-hydrogen) atoms. The first-order valence-electron chi connectivity index (χ1n) is 8.58. The number of nitrogens with zero attached hydrogens (tertiary/aromatic N) is 4. The predicted molar refractivity (Wildman–Crippen MR) is 92.1 cm³/mol. The molecule has 1 aliphatic heterocycles. The van der Waals surface area contributed by atoms with Gasteiger partial charge >= 0.3 is 0 Å². The molecular formula is C18H24N4O3. The molecule has 0 radical (unpaired) electrons. The first-order valence-corrected chi connectivity index (χ1v) is 8.58. The van der Waals surface area contributed by atoms with Crippen molar-refractivity contribution in [1.29, 1.82) is 0 Å². The van der Waals surface area contributed by atoms with Gasteiger partial charge in [-0.15, -0.1) is 5.10 Å². The van der Waals surface area contributed by atoms with E-state index in [2.05, 4.69) is 10.3 Å². The molecule has 1 N–H and O–H groups in total. The molecule has 134 valence electrons. The zero-order valence-corrected chi connectivity index (χ0v) is 14.6. The summed E-state index contributed by atoms with van der Waals surface area (Å²) in [6.45, 7) is 4.78. The maximum absolute atomic E-state index is 12.5. The minimum atomic E-state index is -1.16. The van der Waals surface area contributed by atoms with Crippen molar-refractivity contribution in [1.82, 2.24) is 19.9 Å². The first-order chi connectivity index (χ1) is 12.0. The van der Waals surface area contributed by atoms with E-state index >= 15 is 0 Å². The van der Waals surface area contributed by atoms with Crippen molar-refractivity contribution in [2.75, 3.05) is 19.7 Å². The standard InChI is InChI=1S/C18H24N4O3/c1-14(2)22-11-16(19-20-22)18(24)9-6-10-21(13-18)17(23)12-25-15-7-4-3-5-8-15/h3-5,7-8,11,14,24H,6,9-10,12-13H2,1-2H3/t18-/m1/s1. The van der Waals surface area contributed by atoms with Crippen LogP contribution < -0.4 is 4.74 Å². The van der Waals surface area contributed by atoms with Gasteiger partial charge in [-0.1, -0.05) is 23.4 Å². The fourth-order valence-electron chi connectivity index (χ4n) is 2.95. The van der Waals surface area contributed by atoms with Gasteiger partial charge in [0.25, 0.3) is 5.91 Å². The molecule has 1 aromatic carbocycles. The van der Waals surface area contributed by atoms with Crippen LogP contribution in [0.1, 0.15) is 38.4 Å². The van der Waals surface area contributed by atoms with E-state index in [1.165, 1.54) is 0 Å². The van der Waals surface area contributed by atoms with Crippen molar-refractivity contribution in [2.45, 2.75) is 38.3 Å². The number of ether oxygens (including phenoxy) is 1. The monoisotopic (exact) mass is 344 g/mol. The highest BCUT2D eigenvalue weighted by Gasteiger charge is 2.39. The number of aliphatic hydroxyl groups is 1. The number of hydrogen-bond acceptors (Lipinski definition) is 5. The second-order valence-electron chi connectivity index (χ2n) is 6.73. The Morgan fingerprint density at radius 1 is 1.36 bits per heavy atom. The van der Waals surface area contributed by atoms with Crippen LogP contribution in [0.3, 0.4) is 0 Å². The maximum Gasteiger partial charge on any atom is 0.260 e. The first kappa shape index (κ1) is 17.4. The Labute approximate surface area is 147 Å². The number of amides is 1. The summed E-state index contributed by atoms with van der Waals surface area (Å²) in [6.07, 6.45) is 3.04. The van der Waals surface area contributed by atoms with Gasteiger partial charge in [0.15, 0.2) is 6.61 Å². The number of benzene rings is 1. The molecule has 1 aliphatic rings. The summed E-state index contributed by atoms with van der Waals surface area (Å²) in [6, 6.07) is 9.40. The Morgan fingerprint density at radius 3 is 2.80 bits per heavy atom. The summed E-state index contributed by atoms with van der Waals surface area (Å²) in [7, 11) is 0. The van der Waals surface area contributed by atoms with E-state index in [-0.39, 0.29) is 25.1 Å². The number of carbonyl (C=O) groups is 1. The smallest absolute Gasteiger partial charge is 0.260 e. The molecule has 3 rings (SSSR count). The van der Waals surface area contributed by atoms with Crippen LogP contribution >= 0.6 is 0 Å². The molecule has 1 atom stereocenters. The number of aromatic nitrogens is 3. The number of piperidine rings is 1. The van der Waals surface area contributed by atoms with Crippen LogP contribution in [-0.2, 0) is 10.4 Å². The Balaban J connectivity index is 1.64. The van der Waals surface area contributed by atoms with Gasteiger partial charge in [0.1, 0.15) is 17.0 Å². The van der Waals surface area contributed by atoms with Crippen molar-refractivity contribution in [3.63, 3.8) is 0 Å². The molecule has 7 heteroatoms. The summed E-state index contributed by atoms with van der Waals surface area (Å²) >= 11 is 0. The molecule has 1 amide bonds. The molecule has 1 aromatic heterocycles. The number of rotatable bonds is 5. The number of carbonyl (C=O) groups excluding carboxylic acids is 1. The molecule has 0 saturated carbocycles. The Kier molecular flexibility index (Phi) is 5.03. The highest BCUT2D eigenvalue weighted by atomic mass is 16.5. The van der Waals surface area contributed by atoms with Crippen LogP contribution in [0.15, 0.2) is 36.5 Å². The highest BCUT2D eigenvalue weighted by molar-refractivity contribution is 5.78. The van der Waals surface area contributed by atoms with Gasteiger partial charge in [-0.05, 0) is 38.8 Å². The fraction of sp³-hybridized carbons (Fsp3) is 0.500. The van der Waals surface area contributed by atoms with Gasteiger partial charge < -0.3 is 14.7 Å².